The van der Waals surface area contributed by atoms with Crippen molar-refractivity contribution < 1.29 is 12.4 Å². The van der Waals surface area contributed by atoms with E-state index in [1.807, 2.05) is 6.20 Å². The van der Waals surface area contributed by atoms with E-state index in [1.54, 1.807) is 0 Å². The molecule has 1 aromatic rings. The molecule has 0 spiro atoms. The maximum Gasteiger partial charge on any atom is 0.220 e. The van der Waals surface area contributed by atoms with E-state index in [1.165, 1.54) is 43.6 Å². The number of fused-ring (bicyclic) bond motifs is 2. The first-order chi connectivity index (χ1) is 8.78. The van der Waals surface area contributed by atoms with E-state index < -0.39 is 0 Å². The number of aromatic nitrogens is 2. The van der Waals surface area contributed by atoms with Crippen molar-refractivity contribution in [3.05, 3.63) is 17.5 Å². The highest BCUT2D eigenvalue weighted by Gasteiger charge is 2.35. The molecule has 1 aliphatic heterocycles. The molecule has 0 saturated carbocycles. The molecule has 2 aliphatic rings. The van der Waals surface area contributed by atoms with Crippen LogP contribution in [-0.2, 0) is 12.8 Å². The fraction of sp³-hybridized carbons (Fsp3) is 0.714. The Bertz CT molecular complexity index is 435. The predicted octanol–water partition coefficient (Wildman–Crippen LogP) is -1.35. The molecule has 0 radical (unpaired) electrons. The summed E-state index contributed by atoms with van der Waals surface area (Å²) in [6, 6.07) is 0.707. The average Bonchev–Trinajstić information content (AvgIpc) is 2.37. The Labute approximate surface area is 121 Å². The van der Waals surface area contributed by atoms with Crippen LogP contribution in [0.2, 0.25) is 0 Å². The van der Waals surface area contributed by atoms with Gasteiger partial charge in [0.2, 0.25) is 5.95 Å². The van der Waals surface area contributed by atoms with Crippen molar-refractivity contribution in [2.45, 2.75) is 45.1 Å². The van der Waals surface area contributed by atoms with E-state index in [0.29, 0.717) is 12.0 Å². The number of nitrogens with two attached hydrogens (primary N) is 1. The van der Waals surface area contributed by atoms with E-state index in [9.17, 15) is 0 Å². The summed E-state index contributed by atoms with van der Waals surface area (Å²) >= 11 is 0. The number of nitrogen functional groups attached to an aromatic ring is 1. The largest absolute Gasteiger partial charge is 1.00 e. The number of halogens is 1. The van der Waals surface area contributed by atoms with Crippen molar-refractivity contribution in [1.29, 1.82) is 0 Å². The molecule has 3 rings (SSSR count). The van der Waals surface area contributed by atoms with Crippen LogP contribution in [0.5, 0.6) is 0 Å². The van der Waals surface area contributed by atoms with Crippen molar-refractivity contribution in [2.75, 3.05) is 18.8 Å². The summed E-state index contributed by atoms with van der Waals surface area (Å²) in [6.07, 6.45) is 8.06. The van der Waals surface area contributed by atoms with Crippen molar-refractivity contribution in [2.24, 2.45) is 5.92 Å². The third-order valence-corrected chi connectivity index (χ3v) is 4.40. The number of rotatable bonds is 2. The monoisotopic (exact) mass is 281 g/mol. The highest BCUT2D eigenvalue weighted by molar-refractivity contribution is 5.29. The molecule has 2 heterocycles. The normalized spacial score (nSPS) is 26.2. The standard InChI is InChI=1S/C14H22N4.ClH/c1-2-5-18-6-3-4-10-7-12-11(8-13(10)18)9-16-14(15)17-12;/h9-10,13H,2-8H2,1H3,(H2,15,16,17);1H/p-1/t10-,13-;/m1./s1. The minimum atomic E-state index is 0. The van der Waals surface area contributed by atoms with Gasteiger partial charge >= 0.3 is 0 Å². The molecule has 106 valence electrons. The first-order valence-electron chi connectivity index (χ1n) is 7.12. The second-order valence-corrected chi connectivity index (χ2v) is 5.61. The van der Waals surface area contributed by atoms with Crippen LogP contribution in [0.25, 0.3) is 0 Å². The highest BCUT2D eigenvalue weighted by atomic mass is 35.5. The molecular formula is C14H22ClN4-. The molecule has 0 unspecified atom stereocenters. The summed E-state index contributed by atoms with van der Waals surface area (Å²) in [5, 5.41) is 0. The molecule has 1 aliphatic carbocycles. The zero-order valence-corrected chi connectivity index (χ0v) is 12.2. The molecule has 0 amide bonds. The van der Waals surface area contributed by atoms with Crippen LogP contribution in [0.15, 0.2) is 6.20 Å². The molecule has 4 nitrogen and oxygen atoms in total. The van der Waals surface area contributed by atoms with Gasteiger partial charge < -0.3 is 18.1 Å². The van der Waals surface area contributed by atoms with Gasteiger partial charge in [0.25, 0.3) is 0 Å². The van der Waals surface area contributed by atoms with Gasteiger partial charge in [0, 0.05) is 17.9 Å². The zero-order valence-electron chi connectivity index (χ0n) is 11.5. The van der Waals surface area contributed by atoms with Gasteiger partial charge in [-0.05, 0) is 56.7 Å². The summed E-state index contributed by atoms with van der Waals surface area (Å²) in [4.78, 5) is 11.2. The maximum atomic E-state index is 5.69. The fourth-order valence-corrected chi connectivity index (χ4v) is 3.59. The SMILES string of the molecule is CCCN1CCC[C@@H]2Cc3nc(N)ncc3C[C@H]21.[Cl-]. The molecular weight excluding hydrogens is 260 g/mol. The topological polar surface area (TPSA) is 55.0 Å². The van der Waals surface area contributed by atoms with E-state index in [-0.39, 0.29) is 12.4 Å². The van der Waals surface area contributed by atoms with Gasteiger partial charge in [-0.2, -0.15) is 0 Å². The van der Waals surface area contributed by atoms with Crippen LogP contribution >= 0.6 is 0 Å². The molecule has 2 N–H and O–H groups in total. The molecule has 0 aromatic carbocycles. The quantitative estimate of drug-likeness (QED) is 0.729. The molecule has 2 atom stereocenters. The molecule has 0 bridgehead atoms. The number of hydrogen-bond donors (Lipinski definition) is 1. The van der Waals surface area contributed by atoms with Gasteiger partial charge in [-0.1, -0.05) is 6.92 Å². The highest BCUT2D eigenvalue weighted by Crippen LogP contribution is 2.34. The summed E-state index contributed by atoms with van der Waals surface area (Å²) < 4.78 is 0. The van der Waals surface area contributed by atoms with Crippen LogP contribution in [0, 0.1) is 5.92 Å². The van der Waals surface area contributed by atoms with Crippen LogP contribution in [0.1, 0.15) is 37.4 Å². The van der Waals surface area contributed by atoms with Crippen molar-refractivity contribution in [3.8, 4) is 0 Å². The van der Waals surface area contributed by atoms with Crippen LogP contribution in [0.3, 0.4) is 0 Å². The summed E-state index contributed by atoms with van der Waals surface area (Å²) in [6.45, 7) is 4.76. The predicted molar refractivity (Wildman–Crippen MR) is 72.2 cm³/mol. The van der Waals surface area contributed by atoms with Gasteiger partial charge in [-0.15, -0.1) is 0 Å². The number of nitrogens with zero attached hydrogens (tertiary/aromatic N) is 3. The third kappa shape index (κ3) is 2.84. The van der Waals surface area contributed by atoms with Crippen molar-refractivity contribution >= 4 is 5.95 Å². The summed E-state index contributed by atoms with van der Waals surface area (Å²) in [5.41, 5.74) is 8.20. The molecule has 1 aromatic heterocycles. The maximum absolute atomic E-state index is 5.69. The Kier molecular flexibility index (Phi) is 4.63. The van der Waals surface area contributed by atoms with E-state index >= 15 is 0 Å². The first kappa shape index (κ1) is 14.5. The minimum Gasteiger partial charge on any atom is -1.00 e. The summed E-state index contributed by atoms with van der Waals surface area (Å²) in [5.74, 6) is 1.19. The first-order valence-corrected chi connectivity index (χ1v) is 7.12. The second kappa shape index (κ2) is 6.06. The lowest BCUT2D eigenvalue weighted by Crippen LogP contribution is -3.00. The zero-order chi connectivity index (χ0) is 12.5. The molecule has 19 heavy (non-hydrogen) atoms. The van der Waals surface area contributed by atoms with Gasteiger partial charge in [0.15, 0.2) is 0 Å². The van der Waals surface area contributed by atoms with Crippen LogP contribution < -0.4 is 18.1 Å². The fourth-order valence-electron chi connectivity index (χ4n) is 3.59. The summed E-state index contributed by atoms with van der Waals surface area (Å²) in [7, 11) is 0. The van der Waals surface area contributed by atoms with Crippen molar-refractivity contribution in [1.82, 2.24) is 14.9 Å². The lowest BCUT2D eigenvalue weighted by Gasteiger charge is -2.44. The Hall–Kier alpha value is -0.870. The second-order valence-electron chi connectivity index (χ2n) is 5.61. The van der Waals surface area contributed by atoms with Crippen LogP contribution in [0.4, 0.5) is 5.95 Å². The Morgan fingerprint density at radius 2 is 2.26 bits per heavy atom. The number of likely N-dealkylation sites (tertiary alicyclic amines) is 1. The lowest BCUT2D eigenvalue weighted by atomic mass is 9.77. The van der Waals surface area contributed by atoms with E-state index in [4.69, 9.17) is 5.73 Å². The van der Waals surface area contributed by atoms with E-state index in [2.05, 4.69) is 21.8 Å². The minimum absolute atomic E-state index is 0. The average molecular weight is 282 g/mol. The molecule has 1 saturated heterocycles. The third-order valence-electron chi connectivity index (χ3n) is 4.40. The Morgan fingerprint density at radius 3 is 3.05 bits per heavy atom. The lowest BCUT2D eigenvalue weighted by molar-refractivity contribution is -0.00000405. The van der Waals surface area contributed by atoms with Gasteiger partial charge in [0.05, 0.1) is 0 Å². The molecule has 1 fully saturated rings. The van der Waals surface area contributed by atoms with E-state index in [0.717, 1.165) is 18.8 Å². The van der Waals surface area contributed by atoms with Gasteiger partial charge in [-0.25, -0.2) is 9.97 Å². The Balaban J connectivity index is 0.00000133. The number of anilines is 1. The van der Waals surface area contributed by atoms with Gasteiger partial charge in [-0.3, -0.25) is 4.90 Å². The van der Waals surface area contributed by atoms with Gasteiger partial charge in [0.1, 0.15) is 0 Å². The van der Waals surface area contributed by atoms with Crippen LogP contribution in [-0.4, -0.2) is 34.0 Å². The van der Waals surface area contributed by atoms with Crippen molar-refractivity contribution in [3.63, 3.8) is 0 Å². The Morgan fingerprint density at radius 1 is 1.42 bits per heavy atom. The number of hydrogen-bond acceptors (Lipinski definition) is 4. The number of piperidine rings is 1. The molecule has 5 heteroatoms. The smallest absolute Gasteiger partial charge is 0.220 e.